The second-order valence-corrected chi connectivity index (χ2v) is 7.20. The molecular weight excluding hydrogens is 278 g/mol. The fourth-order valence-corrected chi connectivity index (χ4v) is 5.05. The van der Waals surface area contributed by atoms with Crippen molar-refractivity contribution in [2.75, 3.05) is 13.2 Å². The minimum atomic E-state index is -3.57. The summed E-state index contributed by atoms with van der Waals surface area (Å²) < 4.78 is 32.7. The fourth-order valence-electron chi connectivity index (χ4n) is 3.04. The summed E-state index contributed by atoms with van der Waals surface area (Å²) in [5, 5.41) is 0. The molecule has 2 aliphatic heterocycles. The average molecular weight is 295 g/mol. The van der Waals surface area contributed by atoms with Crippen molar-refractivity contribution in [2.24, 2.45) is 0 Å². The number of fused-ring (bicyclic) bond motifs is 2. The van der Waals surface area contributed by atoms with Crippen LogP contribution in [0.5, 0.6) is 0 Å². The summed E-state index contributed by atoms with van der Waals surface area (Å²) in [6, 6.07) is 6.23. The summed E-state index contributed by atoms with van der Waals surface area (Å²) in [6.07, 6.45) is 0.503. The highest BCUT2D eigenvalue weighted by Gasteiger charge is 2.45. The van der Waals surface area contributed by atoms with Crippen LogP contribution in [0.15, 0.2) is 29.2 Å². The first-order valence-electron chi connectivity index (χ1n) is 6.69. The van der Waals surface area contributed by atoms with E-state index in [-0.39, 0.29) is 30.7 Å². The van der Waals surface area contributed by atoms with Crippen molar-refractivity contribution in [3.8, 4) is 0 Å². The van der Waals surface area contributed by atoms with Crippen LogP contribution >= 0.6 is 0 Å². The van der Waals surface area contributed by atoms with Gasteiger partial charge in [-0.1, -0.05) is 18.2 Å². The zero-order chi connectivity index (χ0) is 14.3. The number of morpholine rings is 1. The molecule has 20 heavy (non-hydrogen) atoms. The van der Waals surface area contributed by atoms with Crippen molar-refractivity contribution in [1.82, 2.24) is 4.31 Å². The first-order chi connectivity index (χ1) is 9.50. The Bertz CT molecular complexity index is 624. The molecule has 5 nitrogen and oxygen atoms in total. The van der Waals surface area contributed by atoms with E-state index in [2.05, 4.69) is 0 Å². The van der Waals surface area contributed by atoms with E-state index < -0.39 is 10.0 Å². The maximum absolute atomic E-state index is 12.9. The molecule has 2 heterocycles. The van der Waals surface area contributed by atoms with E-state index in [0.29, 0.717) is 18.1 Å². The molecule has 0 amide bonds. The monoisotopic (exact) mass is 295 g/mol. The third-order valence-electron chi connectivity index (χ3n) is 3.92. The second kappa shape index (κ2) is 4.95. The van der Waals surface area contributed by atoms with E-state index in [1.807, 2.05) is 6.07 Å². The molecule has 1 aromatic rings. The molecule has 2 fully saturated rings. The molecule has 0 saturated carbocycles. The predicted molar refractivity (Wildman–Crippen MR) is 72.8 cm³/mol. The lowest BCUT2D eigenvalue weighted by Crippen LogP contribution is -2.59. The van der Waals surface area contributed by atoms with Crippen molar-refractivity contribution in [3.05, 3.63) is 29.8 Å². The summed E-state index contributed by atoms with van der Waals surface area (Å²) in [4.78, 5) is 12.0. The van der Waals surface area contributed by atoms with Gasteiger partial charge in [0, 0.05) is 12.8 Å². The lowest BCUT2D eigenvalue weighted by molar-refractivity contribution is -0.129. The minimum Gasteiger partial charge on any atom is -0.378 e. The van der Waals surface area contributed by atoms with Crippen LogP contribution in [-0.2, 0) is 19.6 Å². The van der Waals surface area contributed by atoms with E-state index >= 15 is 0 Å². The van der Waals surface area contributed by atoms with E-state index in [0.717, 1.165) is 5.56 Å². The fraction of sp³-hybridized carbons (Fsp3) is 0.500. The molecule has 2 unspecified atom stereocenters. The van der Waals surface area contributed by atoms with Gasteiger partial charge in [-0.3, -0.25) is 4.79 Å². The third kappa shape index (κ3) is 2.17. The summed E-state index contributed by atoms with van der Waals surface area (Å²) in [5.74, 6) is 0.125. The van der Waals surface area contributed by atoms with Gasteiger partial charge in [-0.15, -0.1) is 0 Å². The summed E-state index contributed by atoms with van der Waals surface area (Å²) in [7, 11) is -3.57. The first-order valence-corrected chi connectivity index (χ1v) is 8.13. The molecule has 0 aliphatic carbocycles. The molecule has 0 aromatic heterocycles. The molecule has 0 spiro atoms. The van der Waals surface area contributed by atoms with Gasteiger partial charge in [0.2, 0.25) is 10.0 Å². The van der Waals surface area contributed by atoms with Crippen LogP contribution in [0.2, 0.25) is 0 Å². The number of Topliss-reactive ketones (excluding diaryl/α,β-unsaturated/α-hetero) is 1. The largest absolute Gasteiger partial charge is 0.378 e. The van der Waals surface area contributed by atoms with Crippen LogP contribution < -0.4 is 0 Å². The van der Waals surface area contributed by atoms with Crippen LogP contribution in [0.25, 0.3) is 0 Å². The number of piperidine rings is 1. The molecule has 2 aliphatic rings. The quantitative estimate of drug-likeness (QED) is 0.820. The Balaban J connectivity index is 2.03. The number of ether oxygens (including phenoxy) is 1. The number of ketones is 1. The van der Waals surface area contributed by atoms with Crippen molar-refractivity contribution in [3.63, 3.8) is 0 Å². The SMILES string of the molecule is Cc1ccccc1S(=O)(=O)N1C2COCC1CC(=O)C2. The molecule has 0 N–H and O–H groups in total. The van der Waals surface area contributed by atoms with Gasteiger partial charge in [0.25, 0.3) is 0 Å². The van der Waals surface area contributed by atoms with Gasteiger partial charge in [0.1, 0.15) is 5.78 Å². The first kappa shape index (κ1) is 13.7. The number of benzene rings is 1. The number of carbonyl (C=O) groups excluding carboxylic acids is 1. The second-order valence-electron chi connectivity index (χ2n) is 5.39. The zero-order valence-electron chi connectivity index (χ0n) is 11.3. The van der Waals surface area contributed by atoms with Crippen molar-refractivity contribution in [2.45, 2.75) is 36.7 Å². The van der Waals surface area contributed by atoms with E-state index in [1.165, 1.54) is 4.31 Å². The van der Waals surface area contributed by atoms with Gasteiger partial charge in [-0.25, -0.2) is 8.42 Å². The van der Waals surface area contributed by atoms with Gasteiger partial charge in [-0.05, 0) is 18.6 Å². The lowest BCUT2D eigenvalue weighted by Gasteiger charge is -2.43. The van der Waals surface area contributed by atoms with Crippen LogP contribution in [-0.4, -0.2) is 43.8 Å². The van der Waals surface area contributed by atoms with Crippen LogP contribution in [0.4, 0.5) is 0 Å². The van der Waals surface area contributed by atoms with Crippen LogP contribution in [0.1, 0.15) is 18.4 Å². The summed E-state index contributed by atoms with van der Waals surface area (Å²) in [5.41, 5.74) is 0.725. The molecule has 1 aromatic carbocycles. The number of hydrogen-bond donors (Lipinski definition) is 0. The number of sulfonamides is 1. The predicted octanol–water partition coefficient (Wildman–Crippen LogP) is 1.12. The van der Waals surface area contributed by atoms with E-state index in [4.69, 9.17) is 4.74 Å². The van der Waals surface area contributed by atoms with E-state index in [1.54, 1.807) is 25.1 Å². The van der Waals surface area contributed by atoms with Gasteiger partial charge in [-0.2, -0.15) is 4.31 Å². The molecular formula is C14H17NO4S. The minimum absolute atomic E-state index is 0.125. The number of carbonyl (C=O) groups is 1. The topological polar surface area (TPSA) is 63.7 Å². The van der Waals surface area contributed by atoms with Gasteiger partial charge in [0.15, 0.2) is 0 Å². The Morgan fingerprint density at radius 2 is 1.75 bits per heavy atom. The Morgan fingerprint density at radius 1 is 1.15 bits per heavy atom. The lowest BCUT2D eigenvalue weighted by atomic mass is 9.96. The average Bonchev–Trinajstić information content (AvgIpc) is 2.37. The number of aryl methyl sites for hydroxylation is 1. The molecule has 6 heteroatoms. The van der Waals surface area contributed by atoms with Gasteiger partial charge < -0.3 is 4.74 Å². The Morgan fingerprint density at radius 3 is 2.35 bits per heavy atom. The highest BCUT2D eigenvalue weighted by Crippen LogP contribution is 2.32. The molecule has 2 saturated heterocycles. The van der Waals surface area contributed by atoms with Crippen LogP contribution in [0, 0.1) is 6.92 Å². The normalized spacial score (nSPS) is 27.6. The zero-order valence-corrected chi connectivity index (χ0v) is 12.1. The standard InChI is InChI=1S/C14H17NO4S/c1-10-4-2-3-5-14(10)20(17,18)15-11-6-13(16)7-12(15)9-19-8-11/h2-5,11-12H,6-9H2,1H3. The Labute approximate surface area is 118 Å². The maximum Gasteiger partial charge on any atom is 0.244 e. The van der Waals surface area contributed by atoms with Gasteiger partial charge >= 0.3 is 0 Å². The van der Waals surface area contributed by atoms with Crippen molar-refractivity contribution >= 4 is 15.8 Å². The van der Waals surface area contributed by atoms with Crippen LogP contribution in [0.3, 0.4) is 0 Å². The molecule has 3 rings (SSSR count). The Kier molecular flexibility index (Phi) is 3.40. The number of rotatable bonds is 2. The molecule has 2 atom stereocenters. The van der Waals surface area contributed by atoms with Crippen molar-refractivity contribution < 1.29 is 17.9 Å². The number of hydrogen-bond acceptors (Lipinski definition) is 4. The maximum atomic E-state index is 12.9. The highest BCUT2D eigenvalue weighted by atomic mass is 32.2. The molecule has 2 bridgehead atoms. The smallest absolute Gasteiger partial charge is 0.244 e. The summed E-state index contributed by atoms with van der Waals surface area (Å²) >= 11 is 0. The Hall–Kier alpha value is -1.24. The molecule has 0 radical (unpaired) electrons. The summed E-state index contributed by atoms with van der Waals surface area (Å²) in [6.45, 7) is 2.38. The number of nitrogens with zero attached hydrogens (tertiary/aromatic N) is 1. The highest BCUT2D eigenvalue weighted by molar-refractivity contribution is 7.89. The molecule has 108 valence electrons. The van der Waals surface area contributed by atoms with Crippen molar-refractivity contribution in [1.29, 1.82) is 0 Å². The van der Waals surface area contributed by atoms with Gasteiger partial charge in [0.05, 0.1) is 30.2 Å². The van der Waals surface area contributed by atoms with E-state index in [9.17, 15) is 13.2 Å². The third-order valence-corrected chi connectivity index (χ3v) is 6.08.